The summed E-state index contributed by atoms with van der Waals surface area (Å²) in [6.45, 7) is 11.1. The molecule has 0 aromatic rings. The van der Waals surface area contributed by atoms with Crippen molar-refractivity contribution in [2.45, 2.75) is 52.4 Å². The van der Waals surface area contributed by atoms with E-state index in [0.29, 0.717) is 6.10 Å². The van der Waals surface area contributed by atoms with Gasteiger partial charge < -0.3 is 4.43 Å². The Morgan fingerprint density at radius 3 is 2.10 bits per heavy atom. The second kappa shape index (κ2) is 4.14. The van der Waals surface area contributed by atoms with Crippen LogP contribution in [0.2, 0.25) is 19.6 Å². The van der Waals surface area contributed by atoms with E-state index in [2.05, 4.69) is 33.5 Å². The van der Waals surface area contributed by atoms with Gasteiger partial charge in [0.2, 0.25) is 0 Å². The van der Waals surface area contributed by atoms with Crippen molar-refractivity contribution in [2.24, 2.45) is 0 Å². The van der Waals surface area contributed by atoms with Gasteiger partial charge in [-0.15, -0.1) is 0 Å². The Morgan fingerprint density at radius 2 is 1.80 bits per heavy atom. The van der Waals surface area contributed by atoms with Crippen molar-refractivity contribution in [1.29, 1.82) is 0 Å². The smallest absolute Gasteiger partial charge is 0.184 e. The van der Waals surface area contributed by atoms with Crippen LogP contribution in [0.5, 0.6) is 0 Å². The van der Waals surface area contributed by atoms with E-state index in [4.69, 9.17) is 4.43 Å². The molecule has 0 fully saturated rings. The Kier molecular flexibility index (Phi) is 4.21. The molecule has 0 aliphatic heterocycles. The van der Waals surface area contributed by atoms with E-state index in [9.17, 15) is 0 Å². The zero-order valence-electron chi connectivity index (χ0n) is 7.90. The van der Waals surface area contributed by atoms with E-state index in [1.54, 1.807) is 0 Å². The first-order valence-corrected chi connectivity index (χ1v) is 7.54. The molecule has 0 aliphatic carbocycles. The summed E-state index contributed by atoms with van der Waals surface area (Å²) >= 11 is 0. The zero-order valence-corrected chi connectivity index (χ0v) is 8.90. The molecule has 2 heteroatoms. The normalized spacial score (nSPS) is 15.3. The summed E-state index contributed by atoms with van der Waals surface area (Å²) < 4.78 is 5.82. The van der Waals surface area contributed by atoms with Gasteiger partial charge in [0.05, 0.1) is 0 Å². The fourth-order valence-corrected chi connectivity index (χ4v) is 2.39. The third-order valence-electron chi connectivity index (χ3n) is 1.25. The van der Waals surface area contributed by atoms with Gasteiger partial charge in [0.25, 0.3) is 0 Å². The minimum absolute atomic E-state index is 0.469. The van der Waals surface area contributed by atoms with Crippen molar-refractivity contribution in [3.8, 4) is 0 Å². The van der Waals surface area contributed by atoms with Gasteiger partial charge in [-0.3, -0.25) is 0 Å². The van der Waals surface area contributed by atoms with E-state index < -0.39 is 8.32 Å². The van der Waals surface area contributed by atoms with Crippen LogP contribution in [-0.4, -0.2) is 14.4 Å². The van der Waals surface area contributed by atoms with Crippen LogP contribution in [0.25, 0.3) is 0 Å². The van der Waals surface area contributed by atoms with Gasteiger partial charge in [-0.05, 0) is 33.0 Å². The standard InChI is InChI=1S/C8H20OSi/c1-6-7-8(2)9-10(3,4)5/h8H,6-7H2,1-5H3. The lowest BCUT2D eigenvalue weighted by atomic mass is 10.2. The molecule has 0 aromatic heterocycles. The maximum atomic E-state index is 5.82. The minimum Gasteiger partial charge on any atom is -0.415 e. The van der Waals surface area contributed by atoms with Crippen LogP contribution in [0.1, 0.15) is 26.7 Å². The molecular formula is C8H20OSi. The van der Waals surface area contributed by atoms with Gasteiger partial charge in [-0.1, -0.05) is 13.3 Å². The first-order valence-electron chi connectivity index (χ1n) is 4.13. The summed E-state index contributed by atoms with van der Waals surface area (Å²) in [5, 5.41) is 0. The van der Waals surface area contributed by atoms with Crippen LogP contribution in [0, 0.1) is 0 Å². The van der Waals surface area contributed by atoms with Crippen molar-refractivity contribution in [3.05, 3.63) is 0 Å². The fraction of sp³-hybridized carbons (Fsp3) is 1.00. The van der Waals surface area contributed by atoms with Gasteiger partial charge in [0.15, 0.2) is 8.32 Å². The summed E-state index contributed by atoms with van der Waals surface area (Å²) in [5.74, 6) is 0. The molecule has 0 N–H and O–H groups in total. The van der Waals surface area contributed by atoms with E-state index >= 15 is 0 Å². The lowest BCUT2D eigenvalue weighted by Gasteiger charge is -2.22. The Labute approximate surface area is 65.9 Å². The van der Waals surface area contributed by atoms with E-state index in [0.717, 1.165) is 0 Å². The molecule has 1 atom stereocenters. The summed E-state index contributed by atoms with van der Waals surface area (Å²) in [6.07, 6.45) is 2.90. The first kappa shape index (κ1) is 10.2. The van der Waals surface area contributed by atoms with Crippen LogP contribution in [0.15, 0.2) is 0 Å². The topological polar surface area (TPSA) is 9.23 Å². The van der Waals surface area contributed by atoms with Gasteiger partial charge >= 0.3 is 0 Å². The van der Waals surface area contributed by atoms with Crippen molar-refractivity contribution in [3.63, 3.8) is 0 Å². The molecule has 0 aliphatic rings. The molecule has 0 saturated carbocycles. The van der Waals surface area contributed by atoms with Crippen molar-refractivity contribution < 1.29 is 4.43 Å². The molecule has 0 heterocycles. The summed E-state index contributed by atoms with van der Waals surface area (Å²) in [6, 6.07) is 0. The van der Waals surface area contributed by atoms with Crippen LogP contribution in [0.3, 0.4) is 0 Å². The Balaban J connectivity index is 3.47. The molecule has 0 saturated heterocycles. The fourth-order valence-electron chi connectivity index (χ4n) is 1.07. The van der Waals surface area contributed by atoms with Crippen molar-refractivity contribution in [2.75, 3.05) is 0 Å². The largest absolute Gasteiger partial charge is 0.415 e. The van der Waals surface area contributed by atoms with Crippen molar-refractivity contribution in [1.82, 2.24) is 0 Å². The molecule has 0 rings (SSSR count). The van der Waals surface area contributed by atoms with Gasteiger partial charge in [0, 0.05) is 6.10 Å². The third kappa shape index (κ3) is 6.30. The number of rotatable bonds is 4. The van der Waals surface area contributed by atoms with E-state index in [1.807, 2.05) is 0 Å². The molecule has 0 aromatic carbocycles. The maximum absolute atomic E-state index is 5.82. The van der Waals surface area contributed by atoms with Crippen LogP contribution in [0.4, 0.5) is 0 Å². The highest BCUT2D eigenvalue weighted by Gasteiger charge is 2.16. The highest BCUT2D eigenvalue weighted by molar-refractivity contribution is 6.69. The zero-order chi connectivity index (χ0) is 8.20. The Morgan fingerprint density at radius 1 is 1.30 bits per heavy atom. The highest BCUT2D eigenvalue weighted by Crippen LogP contribution is 2.10. The Bertz CT molecular complexity index is 85.7. The van der Waals surface area contributed by atoms with Crippen LogP contribution in [-0.2, 0) is 4.43 Å². The lowest BCUT2D eigenvalue weighted by molar-refractivity contribution is 0.202. The lowest BCUT2D eigenvalue weighted by Crippen LogP contribution is -2.30. The van der Waals surface area contributed by atoms with Gasteiger partial charge in [-0.2, -0.15) is 0 Å². The maximum Gasteiger partial charge on any atom is 0.184 e. The average molecular weight is 160 g/mol. The second-order valence-electron chi connectivity index (χ2n) is 3.83. The molecular weight excluding hydrogens is 140 g/mol. The van der Waals surface area contributed by atoms with Crippen LogP contribution < -0.4 is 0 Å². The van der Waals surface area contributed by atoms with Gasteiger partial charge in [0.1, 0.15) is 0 Å². The molecule has 0 spiro atoms. The van der Waals surface area contributed by atoms with E-state index in [-0.39, 0.29) is 0 Å². The molecule has 0 amide bonds. The molecule has 10 heavy (non-hydrogen) atoms. The monoisotopic (exact) mass is 160 g/mol. The van der Waals surface area contributed by atoms with Gasteiger partial charge in [-0.25, -0.2) is 0 Å². The molecule has 1 unspecified atom stereocenters. The summed E-state index contributed by atoms with van der Waals surface area (Å²) in [5.41, 5.74) is 0. The predicted octanol–water partition coefficient (Wildman–Crippen LogP) is 3.03. The molecule has 62 valence electrons. The van der Waals surface area contributed by atoms with E-state index in [1.165, 1.54) is 12.8 Å². The van der Waals surface area contributed by atoms with Crippen LogP contribution >= 0.6 is 0 Å². The molecule has 0 bridgehead atoms. The predicted molar refractivity (Wildman–Crippen MR) is 48.8 cm³/mol. The number of hydrogen-bond acceptors (Lipinski definition) is 1. The second-order valence-corrected chi connectivity index (χ2v) is 8.29. The third-order valence-corrected chi connectivity index (χ3v) is 2.36. The molecule has 0 radical (unpaired) electrons. The number of hydrogen-bond donors (Lipinski definition) is 0. The average Bonchev–Trinajstić information content (AvgIpc) is 1.59. The SMILES string of the molecule is CCCC(C)O[Si](C)(C)C. The summed E-state index contributed by atoms with van der Waals surface area (Å²) in [4.78, 5) is 0. The quantitative estimate of drug-likeness (QED) is 0.574. The molecule has 1 nitrogen and oxygen atoms in total. The summed E-state index contributed by atoms with van der Waals surface area (Å²) in [7, 11) is -1.26. The first-order chi connectivity index (χ1) is 4.45. The minimum atomic E-state index is -1.26. The highest BCUT2D eigenvalue weighted by atomic mass is 28.4. The van der Waals surface area contributed by atoms with Crippen molar-refractivity contribution >= 4 is 8.32 Å². The Hall–Kier alpha value is 0.177.